The highest BCUT2D eigenvalue weighted by Crippen LogP contribution is 2.67. The van der Waals surface area contributed by atoms with Crippen molar-refractivity contribution >= 4 is 11.5 Å². The van der Waals surface area contributed by atoms with Crippen molar-refractivity contribution < 1.29 is 14.8 Å². The maximum absolute atomic E-state index is 12.7. The summed E-state index contributed by atoms with van der Waals surface area (Å²) < 4.78 is 0. The molecule has 0 aliphatic heterocycles. The second-order valence-corrected chi connectivity index (χ2v) is 11.3. The molecule has 0 amide bonds. The fraction of sp³-hybridized carbons (Fsp3) is 0.552. The second-order valence-electron chi connectivity index (χ2n) is 11.3. The van der Waals surface area contributed by atoms with Gasteiger partial charge in [0.2, 0.25) is 5.54 Å². The van der Waals surface area contributed by atoms with Crippen LogP contribution >= 0.6 is 0 Å². The highest BCUT2D eigenvalue weighted by molar-refractivity contribution is 5.93. The molecule has 4 aliphatic carbocycles. The van der Waals surface area contributed by atoms with Gasteiger partial charge < -0.3 is 10.0 Å². The maximum atomic E-state index is 12.7. The number of allylic oxidation sites excluding steroid dienone is 4. The number of hydrogen-bond acceptors (Lipinski definition) is 5. The first-order valence-corrected chi connectivity index (χ1v) is 12.9. The number of ketones is 1. The average molecular weight is 477 g/mol. The number of anilines is 1. The van der Waals surface area contributed by atoms with Gasteiger partial charge in [-0.05, 0) is 84.9 Å². The number of aliphatic hydroxyl groups is 1. The highest BCUT2D eigenvalue weighted by Gasteiger charge is 2.69. The molecule has 0 aromatic heterocycles. The molecular formula is C29H36N2O4. The fourth-order valence-electron chi connectivity index (χ4n) is 7.88. The molecule has 6 heteroatoms. The first-order chi connectivity index (χ1) is 16.7. The Kier molecular flexibility index (Phi) is 5.99. The number of nitro groups is 1. The summed E-state index contributed by atoms with van der Waals surface area (Å²) in [6.45, 7) is 1.94. The molecule has 4 aliphatic rings. The van der Waals surface area contributed by atoms with E-state index in [0.717, 1.165) is 31.4 Å². The van der Waals surface area contributed by atoms with Gasteiger partial charge in [-0.1, -0.05) is 30.7 Å². The molecule has 186 valence electrons. The summed E-state index contributed by atoms with van der Waals surface area (Å²) in [6.07, 6.45) is 10.3. The Morgan fingerprint density at radius 2 is 1.91 bits per heavy atom. The minimum Gasteiger partial charge on any atom is -0.392 e. The molecule has 0 spiro atoms. The van der Waals surface area contributed by atoms with Crippen molar-refractivity contribution in [2.45, 2.75) is 63.3 Å². The van der Waals surface area contributed by atoms with Crippen molar-refractivity contribution in [3.8, 4) is 0 Å². The zero-order valence-electron chi connectivity index (χ0n) is 21.0. The van der Waals surface area contributed by atoms with Crippen LogP contribution in [0.5, 0.6) is 0 Å². The predicted molar refractivity (Wildman–Crippen MR) is 137 cm³/mol. The summed E-state index contributed by atoms with van der Waals surface area (Å²) in [5.74, 6) is 0.814. The van der Waals surface area contributed by atoms with Crippen molar-refractivity contribution in [1.29, 1.82) is 0 Å². The van der Waals surface area contributed by atoms with Gasteiger partial charge in [-0.15, -0.1) is 0 Å². The largest absolute Gasteiger partial charge is 0.392 e. The number of carbonyl (C=O) groups is 1. The second kappa shape index (κ2) is 8.74. The van der Waals surface area contributed by atoms with Crippen LogP contribution in [0.2, 0.25) is 0 Å². The Morgan fingerprint density at radius 1 is 1.17 bits per heavy atom. The van der Waals surface area contributed by atoms with Crippen LogP contribution in [-0.2, 0) is 4.79 Å². The summed E-state index contributed by atoms with van der Waals surface area (Å²) in [6, 6.07) is 8.64. The number of carbonyl (C=O) groups excluding carboxylic acids is 1. The van der Waals surface area contributed by atoms with Crippen LogP contribution in [0.25, 0.3) is 0 Å². The van der Waals surface area contributed by atoms with E-state index < -0.39 is 11.0 Å². The topological polar surface area (TPSA) is 83.7 Å². The lowest BCUT2D eigenvalue weighted by Gasteiger charge is -2.52. The molecule has 1 aromatic carbocycles. The van der Waals surface area contributed by atoms with Crippen LogP contribution in [0, 0.1) is 27.4 Å². The van der Waals surface area contributed by atoms with Crippen molar-refractivity contribution in [2.24, 2.45) is 17.3 Å². The SMILES string of the molecule is CN(C)c1ccc([C@H]2C[C@@]3(C)[C@@H](CC[C@]3(/C=C/CO)[N+](=O)[O-])[C@@H]3CCC4=CC(=O)CCC4=C32)cc1. The Balaban J connectivity index is 1.68. The van der Waals surface area contributed by atoms with Crippen LogP contribution in [-0.4, -0.2) is 42.1 Å². The zero-order chi connectivity index (χ0) is 25.0. The Hall–Kier alpha value is -2.73. The van der Waals surface area contributed by atoms with Crippen LogP contribution in [0.4, 0.5) is 5.69 Å². The maximum Gasteiger partial charge on any atom is 0.245 e. The van der Waals surface area contributed by atoms with E-state index in [1.807, 2.05) is 20.2 Å². The molecule has 5 rings (SSSR count). The van der Waals surface area contributed by atoms with E-state index in [2.05, 4.69) is 36.1 Å². The van der Waals surface area contributed by atoms with E-state index in [0.29, 0.717) is 19.3 Å². The predicted octanol–water partition coefficient (Wildman–Crippen LogP) is 5.22. The summed E-state index contributed by atoms with van der Waals surface area (Å²) in [5.41, 5.74) is 4.64. The van der Waals surface area contributed by atoms with Gasteiger partial charge in [0.15, 0.2) is 5.78 Å². The van der Waals surface area contributed by atoms with Gasteiger partial charge in [0, 0.05) is 48.9 Å². The fourth-order valence-corrected chi connectivity index (χ4v) is 7.88. The molecule has 2 fully saturated rings. The average Bonchev–Trinajstić information content (AvgIpc) is 3.14. The normalized spacial score (nSPS) is 34.3. The molecule has 0 bridgehead atoms. The van der Waals surface area contributed by atoms with Gasteiger partial charge in [-0.3, -0.25) is 14.9 Å². The molecular weight excluding hydrogens is 440 g/mol. The Labute approximate surface area is 207 Å². The van der Waals surface area contributed by atoms with E-state index in [4.69, 9.17) is 0 Å². The number of rotatable bonds is 5. The molecule has 35 heavy (non-hydrogen) atoms. The molecule has 0 heterocycles. The number of nitrogens with zero attached hydrogens (tertiary/aromatic N) is 2. The van der Waals surface area contributed by atoms with E-state index in [1.165, 1.54) is 22.3 Å². The third-order valence-electron chi connectivity index (χ3n) is 9.59. The van der Waals surface area contributed by atoms with Gasteiger partial charge in [0.05, 0.1) is 6.61 Å². The van der Waals surface area contributed by atoms with Crippen molar-refractivity contribution in [3.63, 3.8) is 0 Å². The number of aliphatic hydroxyl groups excluding tert-OH is 1. The van der Waals surface area contributed by atoms with Gasteiger partial charge in [0.1, 0.15) is 0 Å². The quantitative estimate of drug-likeness (QED) is 0.358. The monoisotopic (exact) mass is 476 g/mol. The van der Waals surface area contributed by atoms with Gasteiger partial charge in [0.25, 0.3) is 0 Å². The summed E-state index contributed by atoms with van der Waals surface area (Å²) in [7, 11) is 4.05. The van der Waals surface area contributed by atoms with Crippen LogP contribution in [0.15, 0.2) is 59.2 Å². The lowest BCUT2D eigenvalue weighted by molar-refractivity contribution is -0.574. The van der Waals surface area contributed by atoms with Crippen molar-refractivity contribution in [1.82, 2.24) is 0 Å². The number of benzene rings is 1. The smallest absolute Gasteiger partial charge is 0.245 e. The van der Waals surface area contributed by atoms with Crippen LogP contribution < -0.4 is 4.90 Å². The lowest BCUT2D eigenvalue weighted by atomic mass is 9.50. The van der Waals surface area contributed by atoms with E-state index >= 15 is 0 Å². The zero-order valence-corrected chi connectivity index (χ0v) is 21.0. The number of hydrogen-bond donors (Lipinski definition) is 1. The van der Waals surface area contributed by atoms with E-state index in [9.17, 15) is 20.0 Å². The standard InChI is InChI=1S/C29H36N2O4/c1-28-18-25(19-5-8-21(9-6-19)30(2)3)27-23-12-10-22(33)17-20(23)7-11-24(27)26(28)13-15-29(28,31(34)35)14-4-16-32/h4-6,8-9,14,17,24-26,32H,7,10-13,15-16,18H2,1-3H3/b14-4+/t24-,25+,26-,28-,29-/m0/s1. The van der Waals surface area contributed by atoms with Crippen molar-refractivity contribution in [2.75, 3.05) is 25.6 Å². The van der Waals surface area contributed by atoms with Crippen LogP contribution in [0.1, 0.15) is 63.4 Å². The van der Waals surface area contributed by atoms with Gasteiger partial charge in [-0.2, -0.15) is 0 Å². The first-order valence-electron chi connectivity index (χ1n) is 12.9. The molecule has 2 saturated carbocycles. The van der Waals surface area contributed by atoms with Gasteiger partial charge in [-0.25, -0.2) is 0 Å². The molecule has 0 unspecified atom stereocenters. The summed E-state index contributed by atoms with van der Waals surface area (Å²) in [4.78, 5) is 26.9. The Bertz CT molecular complexity index is 1130. The van der Waals surface area contributed by atoms with Crippen LogP contribution in [0.3, 0.4) is 0 Å². The van der Waals surface area contributed by atoms with Crippen molar-refractivity contribution in [3.05, 3.63) is 74.9 Å². The number of fused-ring (bicyclic) bond motifs is 4. The minimum atomic E-state index is -1.17. The third kappa shape index (κ3) is 3.60. The lowest BCUT2D eigenvalue weighted by Crippen LogP contribution is -2.54. The van der Waals surface area contributed by atoms with Gasteiger partial charge >= 0.3 is 0 Å². The Morgan fingerprint density at radius 3 is 2.57 bits per heavy atom. The first kappa shape index (κ1) is 24.0. The molecule has 5 atom stereocenters. The third-order valence-corrected chi connectivity index (χ3v) is 9.59. The minimum absolute atomic E-state index is 0.0725. The van der Waals surface area contributed by atoms with E-state index in [-0.39, 0.29) is 35.1 Å². The van der Waals surface area contributed by atoms with E-state index in [1.54, 1.807) is 12.2 Å². The molecule has 1 N–H and O–H groups in total. The molecule has 0 saturated heterocycles. The highest BCUT2D eigenvalue weighted by atomic mass is 16.6. The molecule has 0 radical (unpaired) electrons. The summed E-state index contributed by atoms with van der Waals surface area (Å²) in [5, 5.41) is 22.2. The summed E-state index contributed by atoms with van der Waals surface area (Å²) >= 11 is 0. The molecule has 1 aromatic rings. The molecule has 6 nitrogen and oxygen atoms in total.